The molecule has 8 nitrogen and oxygen atoms in total. The quantitative estimate of drug-likeness (QED) is 0.400. The number of nitrogens with zero attached hydrogens (tertiary/aromatic N) is 3. The van der Waals surface area contributed by atoms with Gasteiger partial charge in [-0.1, -0.05) is 41.6 Å². The van der Waals surface area contributed by atoms with Crippen LogP contribution in [0.2, 0.25) is 0 Å². The highest BCUT2D eigenvalue weighted by molar-refractivity contribution is 7.99. The summed E-state index contributed by atoms with van der Waals surface area (Å²) in [6.07, 6.45) is 0. The molecule has 9 heteroatoms. The fraction of sp³-hybridized carbons (Fsp3) is 0.118. The standard InChI is InChI=1S/C17H14N4O4S/c1-11-5-4-6-12(9-11)16-19-20-17(25-16)26-10-15(22)18-13-7-2-3-8-14(13)21(23)24/h2-9H,10H2,1H3,(H,18,22). The summed E-state index contributed by atoms with van der Waals surface area (Å²) >= 11 is 1.06. The van der Waals surface area contributed by atoms with Crippen molar-refractivity contribution in [1.29, 1.82) is 0 Å². The third kappa shape index (κ3) is 4.25. The lowest BCUT2D eigenvalue weighted by atomic mass is 10.1. The molecule has 3 rings (SSSR count). The number of nitrogens with one attached hydrogen (secondary N) is 1. The van der Waals surface area contributed by atoms with E-state index < -0.39 is 10.8 Å². The first kappa shape index (κ1) is 17.6. The van der Waals surface area contributed by atoms with Crippen molar-refractivity contribution >= 4 is 29.0 Å². The zero-order valence-electron chi connectivity index (χ0n) is 13.7. The number of benzene rings is 2. The third-order valence-electron chi connectivity index (χ3n) is 3.37. The Morgan fingerprint density at radius 2 is 2.04 bits per heavy atom. The van der Waals surface area contributed by atoms with Crippen LogP contribution < -0.4 is 5.32 Å². The number of carbonyl (C=O) groups is 1. The molecule has 0 aliphatic rings. The van der Waals surface area contributed by atoms with E-state index in [1.165, 1.54) is 18.2 Å². The number of aryl methyl sites for hydroxylation is 1. The molecule has 0 saturated carbocycles. The highest BCUT2D eigenvalue weighted by Crippen LogP contribution is 2.25. The number of nitro groups is 1. The maximum atomic E-state index is 12.0. The van der Waals surface area contributed by atoms with Gasteiger partial charge in [-0.2, -0.15) is 0 Å². The number of anilines is 1. The summed E-state index contributed by atoms with van der Waals surface area (Å²) in [5.41, 5.74) is 1.85. The van der Waals surface area contributed by atoms with Gasteiger partial charge in [-0.05, 0) is 25.1 Å². The molecule has 132 valence electrons. The van der Waals surface area contributed by atoms with E-state index in [2.05, 4.69) is 15.5 Å². The molecule has 26 heavy (non-hydrogen) atoms. The summed E-state index contributed by atoms with van der Waals surface area (Å²) in [6, 6.07) is 13.6. The molecule has 0 spiro atoms. The largest absolute Gasteiger partial charge is 0.411 e. The normalized spacial score (nSPS) is 10.5. The number of thioether (sulfide) groups is 1. The van der Waals surface area contributed by atoms with Crippen LogP contribution in [0, 0.1) is 17.0 Å². The van der Waals surface area contributed by atoms with Gasteiger partial charge in [-0.3, -0.25) is 14.9 Å². The molecule has 0 aliphatic carbocycles. The third-order valence-corrected chi connectivity index (χ3v) is 4.19. The Balaban J connectivity index is 1.61. The smallest absolute Gasteiger partial charge is 0.292 e. The van der Waals surface area contributed by atoms with E-state index in [0.717, 1.165) is 22.9 Å². The number of hydrogen-bond donors (Lipinski definition) is 1. The van der Waals surface area contributed by atoms with Gasteiger partial charge in [0, 0.05) is 11.6 Å². The monoisotopic (exact) mass is 370 g/mol. The molecule has 1 amide bonds. The van der Waals surface area contributed by atoms with Crippen molar-refractivity contribution < 1.29 is 14.1 Å². The Bertz CT molecular complexity index is 957. The first-order chi connectivity index (χ1) is 12.5. The summed E-state index contributed by atoms with van der Waals surface area (Å²) in [4.78, 5) is 22.5. The molecule has 0 atom stereocenters. The molecule has 0 fully saturated rings. The van der Waals surface area contributed by atoms with Crippen LogP contribution >= 0.6 is 11.8 Å². The Hall–Kier alpha value is -3.20. The summed E-state index contributed by atoms with van der Waals surface area (Å²) in [7, 11) is 0. The van der Waals surface area contributed by atoms with Crippen LogP contribution in [0.1, 0.15) is 5.56 Å². The van der Waals surface area contributed by atoms with Crippen LogP contribution in [0.5, 0.6) is 0 Å². The Morgan fingerprint density at radius 3 is 2.81 bits per heavy atom. The molecule has 2 aromatic carbocycles. The van der Waals surface area contributed by atoms with E-state index in [9.17, 15) is 14.9 Å². The minimum Gasteiger partial charge on any atom is -0.411 e. The van der Waals surface area contributed by atoms with Gasteiger partial charge in [-0.15, -0.1) is 10.2 Å². The maximum absolute atomic E-state index is 12.0. The Morgan fingerprint density at radius 1 is 1.23 bits per heavy atom. The van der Waals surface area contributed by atoms with Crippen molar-refractivity contribution in [1.82, 2.24) is 10.2 Å². The van der Waals surface area contributed by atoms with E-state index in [4.69, 9.17) is 4.42 Å². The molecule has 0 bridgehead atoms. The molecule has 0 radical (unpaired) electrons. The van der Waals surface area contributed by atoms with Gasteiger partial charge in [-0.25, -0.2) is 0 Å². The summed E-state index contributed by atoms with van der Waals surface area (Å²) in [5, 5.41) is 21.6. The second-order valence-electron chi connectivity index (χ2n) is 5.35. The van der Waals surface area contributed by atoms with E-state index >= 15 is 0 Å². The van der Waals surface area contributed by atoms with Crippen LogP contribution in [0.15, 0.2) is 58.2 Å². The number of hydrogen-bond acceptors (Lipinski definition) is 7. The molecule has 0 unspecified atom stereocenters. The van der Waals surface area contributed by atoms with E-state index in [0.29, 0.717) is 5.89 Å². The van der Waals surface area contributed by atoms with Gasteiger partial charge in [0.05, 0.1) is 10.7 Å². The molecule has 0 saturated heterocycles. The topological polar surface area (TPSA) is 111 Å². The van der Waals surface area contributed by atoms with Crippen LogP contribution in [0.3, 0.4) is 0 Å². The van der Waals surface area contributed by atoms with Crippen molar-refractivity contribution in [2.24, 2.45) is 0 Å². The van der Waals surface area contributed by atoms with Crippen LogP contribution in [0.4, 0.5) is 11.4 Å². The lowest BCUT2D eigenvalue weighted by Crippen LogP contribution is -2.15. The number of aromatic nitrogens is 2. The predicted molar refractivity (Wildman–Crippen MR) is 96.9 cm³/mol. The minimum absolute atomic E-state index is 0.0124. The van der Waals surface area contributed by atoms with Crippen molar-refractivity contribution in [3.8, 4) is 11.5 Å². The van der Waals surface area contributed by atoms with Crippen molar-refractivity contribution in [3.63, 3.8) is 0 Å². The van der Waals surface area contributed by atoms with E-state index in [1.54, 1.807) is 6.07 Å². The number of para-hydroxylation sites is 2. The first-order valence-electron chi connectivity index (χ1n) is 7.59. The molecule has 0 aliphatic heterocycles. The van der Waals surface area contributed by atoms with Crippen molar-refractivity contribution in [2.45, 2.75) is 12.1 Å². The van der Waals surface area contributed by atoms with Gasteiger partial charge < -0.3 is 9.73 Å². The Kier molecular flexibility index (Phi) is 5.28. The fourth-order valence-corrected chi connectivity index (χ4v) is 2.78. The molecule has 1 aromatic heterocycles. The number of rotatable bonds is 6. The molecule has 1 heterocycles. The van der Waals surface area contributed by atoms with Crippen molar-refractivity contribution in [2.75, 3.05) is 11.1 Å². The number of amides is 1. The van der Waals surface area contributed by atoms with E-state index in [1.807, 2.05) is 31.2 Å². The predicted octanol–water partition coefficient (Wildman–Crippen LogP) is 3.68. The average Bonchev–Trinajstić information content (AvgIpc) is 3.09. The molecular formula is C17H14N4O4S. The molecule has 1 N–H and O–H groups in total. The Labute approximate surface area is 152 Å². The van der Waals surface area contributed by atoms with Gasteiger partial charge in [0.25, 0.3) is 10.9 Å². The number of nitro benzene ring substituents is 1. The van der Waals surface area contributed by atoms with Gasteiger partial charge in [0.1, 0.15) is 5.69 Å². The van der Waals surface area contributed by atoms with Gasteiger partial charge >= 0.3 is 0 Å². The highest BCUT2D eigenvalue weighted by Gasteiger charge is 2.16. The second-order valence-corrected chi connectivity index (χ2v) is 6.28. The number of carbonyl (C=O) groups excluding carboxylic acids is 1. The first-order valence-corrected chi connectivity index (χ1v) is 8.58. The van der Waals surface area contributed by atoms with Crippen molar-refractivity contribution in [3.05, 3.63) is 64.2 Å². The van der Waals surface area contributed by atoms with Gasteiger partial charge in [0.15, 0.2) is 0 Å². The minimum atomic E-state index is -0.547. The lowest BCUT2D eigenvalue weighted by molar-refractivity contribution is -0.383. The van der Waals surface area contributed by atoms with Crippen LogP contribution in [0.25, 0.3) is 11.5 Å². The molecule has 3 aromatic rings. The maximum Gasteiger partial charge on any atom is 0.292 e. The second kappa shape index (κ2) is 7.79. The average molecular weight is 370 g/mol. The van der Waals surface area contributed by atoms with Crippen LogP contribution in [-0.4, -0.2) is 26.8 Å². The lowest BCUT2D eigenvalue weighted by Gasteiger charge is -2.04. The SMILES string of the molecule is Cc1cccc(-c2nnc(SCC(=O)Nc3ccccc3[N+](=O)[O-])o2)c1. The fourth-order valence-electron chi connectivity index (χ4n) is 2.21. The summed E-state index contributed by atoms with van der Waals surface area (Å²) in [5.74, 6) is -0.0449. The summed E-state index contributed by atoms with van der Waals surface area (Å²) < 4.78 is 5.54. The molecular weight excluding hydrogens is 356 g/mol. The zero-order chi connectivity index (χ0) is 18.5. The zero-order valence-corrected chi connectivity index (χ0v) is 14.5. The van der Waals surface area contributed by atoms with E-state index in [-0.39, 0.29) is 22.4 Å². The van der Waals surface area contributed by atoms with Crippen LogP contribution in [-0.2, 0) is 4.79 Å². The highest BCUT2D eigenvalue weighted by atomic mass is 32.2. The van der Waals surface area contributed by atoms with Gasteiger partial charge in [0.2, 0.25) is 11.8 Å². The summed E-state index contributed by atoms with van der Waals surface area (Å²) in [6.45, 7) is 1.96.